The summed E-state index contributed by atoms with van der Waals surface area (Å²) in [4.78, 5) is 31.9. The Morgan fingerprint density at radius 3 is 2.64 bits per heavy atom. The van der Waals surface area contributed by atoms with Crippen LogP contribution in [0.2, 0.25) is 5.02 Å². The molecule has 0 saturated carbocycles. The summed E-state index contributed by atoms with van der Waals surface area (Å²) in [7, 11) is 0. The number of hydrogen-bond donors (Lipinski definition) is 2. The van der Waals surface area contributed by atoms with E-state index < -0.39 is 5.97 Å². The Morgan fingerprint density at radius 1 is 0.974 bits per heavy atom. The fourth-order valence-electron chi connectivity index (χ4n) is 4.44. The van der Waals surface area contributed by atoms with Crippen molar-refractivity contribution in [1.29, 1.82) is 0 Å². The first-order valence-corrected chi connectivity index (χ1v) is 12.9. The molecule has 0 aliphatic rings. The molecule has 4 aromatic heterocycles. The van der Waals surface area contributed by atoms with E-state index in [4.69, 9.17) is 16.7 Å². The van der Waals surface area contributed by atoms with E-state index >= 15 is 0 Å². The summed E-state index contributed by atoms with van der Waals surface area (Å²) in [6.45, 7) is 1.81. The Labute approximate surface area is 229 Å². The Hall–Kier alpha value is -4.34. The normalized spacial score (nSPS) is 11.2. The second-order valence-corrected chi connectivity index (χ2v) is 9.72. The van der Waals surface area contributed by atoms with Gasteiger partial charge in [-0.15, -0.1) is 0 Å². The third-order valence-electron chi connectivity index (χ3n) is 6.33. The van der Waals surface area contributed by atoms with Crippen molar-refractivity contribution in [2.75, 3.05) is 0 Å². The number of nitrogens with zero attached hydrogens (tertiary/aromatic N) is 5. The first kappa shape index (κ1) is 26.3. The molecule has 1 aromatic carbocycles. The van der Waals surface area contributed by atoms with Crippen LogP contribution in [0.4, 0.5) is 0 Å². The molecule has 0 unspecified atom stereocenters. The predicted molar refractivity (Wildman–Crippen MR) is 149 cm³/mol. The highest BCUT2D eigenvalue weighted by Gasteiger charge is 2.12. The number of pyridine rings is 3. The van der Waals surface area contributed by atoms with E-state index in [2.05, 4.69) is 26.4 Å². The molecule has 5 aromatic rings. The molecule has 5 rings (SSSR count). The Balaban J connectivity index is 1.21. The zero-order valence-corrected chi connectivity index (χ0v) is 21.9. The first-order chi connectivity index (χ1) is 18.9. The fourth-order valence-corrected chi connectivity index (χ4v) is 4.61. The van der Waals surface area contributed by atoms with Crippen LogP contribution in [-0.4, -0.2) is 35.4 Å². The van der Waals surface area contributed by atoms with Crippen LogP contribution in [0.1, 0.15) is 34.5 Å². The standard InChI is InChI=1S/C29H27ClN6O3/c30-23-5-7-27-25(13-23)26(34-36(27)10-8-29(38)39)18-32-16-22-12-21(14-31-15-22)11-20-4-6-24(33-17-20)19-35-9-2-1-3-28(35)37/h1-7,9,12-15,17,32H,8,10-11,16,18-19H2,(H,38,39). The third-order valence-corrected chi connectivity index (χ3v) is 6.56. The van der Waals surface area contributed by atoms with E-state index in [9.17, 15) is 9.59 Å². The molecule has 0 radical (unpaired) electrons. The summed E-state index contributed by atoms with van der Waals surface area (Å²) in [5, 5.41) is 18.6. The van der Waals surface area contributed by atoms with Gasteiger partial charge in [-0.3, -0.25) is 24.2 Å². The third kappa shape index (κ3) is 6.76. The maximum absolute atomic E-state index is 11.9. The van der Waals surface area contributed by atoms with Crippen LogP contribution >= 0.6 is 11.6 Å². The van der Waals surface area contributed by atoms with E-state index in [0.717, 1.165) is 39.0 Å². The Morgan fingerprint density at radius 2 is 1.85 bits per heavy atom. The molecule has 10 heteroatoms. The monoisotopic (exact) mass is 542 g/mol. The number of nitrogens with one attached hydrogen (secondary N) is 1. The first-order valence-electron chi connectivity index (χ1n) is 12.5. The number of rotatable bonds is 11. The second kappa shape index (κ2) is 12.0. The molecule has 9 nitrogen and oxygen atoms in total. The van der Waals surface area contributed by atoms with Gasteiger partial charge >= 0.3 is 5.97 Å². The van der Waals surface area contributed by atoms with Gasteiger partial charge in [0.05, 0.1) is 36.4 Å². The maximum atomic E-state index is 11.9. The lowest BCUT2D eigenvalue weighted by molar-refractivity contribution is -0.137. The van der Waals surface area contributed by atoms with Gasteiger partial charge in [-0.25, -0.2) is 0 Å². The molecule has 0 spiro atoms. The molecule has 0 aliphatic heterocycles. The molecule has 4 heterocycles. The number of aliphatic carboxylic acids is 1. The molecule has 198 valence electrons. The van der Waals surface area contributed by atoms with Crippen LogP contribution in [0.15, 0.2) is 84.2 Å². The number of benzene rings is 1. The number of aromatic nitrogens is 5. The minimum Gasteiger partial charge on any atom is -0.481 e. The molecule has 2 N–H and O–H groups in total. The number of carboxylic acids is 1. The average molecular weight is 543 g/mol. The van der Waals surface area contributed by atoms with Gasteiger partial charge in [-0.1, -0.05) is 29.8 Å². The molecule has 0 saturated heterocycles. The molecule has 0 aliphatic carbocycles. The van der Waals surface area contributed by atoms with Crippen molar-refractivity contribution < 1.29 is 9.90 Å². The highest BCUT2D eigenvalue weighted by atomic mass is 35.5. The van der Waals surface area contributed by atoms with Crippen LogP contribution < -0.4 is 10.9 Å². The van der Waals surface area contributed by atoms with Crippen molar-refractivity contribution in [3.8, 4) is 0 Å². The van der Waals surface area contributed by atoms with Gasteiger partial charge in [0.2, 0.25) is 0 Å². The zero-order chi connectivity index (χ0) is 27.2. The predicted octanol–water partition coefficient (Wildman–Crippen LogP) is 4.05. The average Bonchev–Trinajstić information content (AvgIpc) is 3.26. The van der Waals surface area contributed by atoms with Gasteiger partial charge in [-0.05, 0) is 47.0 Å². The second-order valence-electron chi connectivity index (χ2n) is 9.28. The minimum atomic E-state index is -0.865. The van der Waals surface area contributed by atoms with Gasteiger partial charge in [0, 0.05) is 60.8 Å². The number of halogens is 1. The molecule has 39 heavy (non-hydrogen) atoms. The lowest BCUT2D eigenvalue weighted by atomic mass is 10.1. The number of carboxylic acid groups (broad SMARTS) is 1. The SMILES string of the molecule is O=C(O)CCn1nc(CNCc2cncc(Cc3ccc(Cn4ccccc4=O)nc3)c2)c2cc(Cl)ccc21. The highest BCUT2D eigenvalue weighted by molar-refractivity contribution is 6.31. The quantitative estimate of drug-likeness (QED) is 0.259. The topological polar surface area (TPSA) is 115 Å². The van der Waals surface area contributed by atoms with E-state index in [-0.39, 0.29) is 12.0 Å². The van der Waals surface area contributed by atoms with E-state index in [1.54, 1.807) is 27.6 Å². The van der Waals surface area contributed by atoms with Crippen molar-refractivity contribution in [2.45, 2.75) is 39.0 Å². The van der Waals surface area contributed by atoms with Gasteiger partial charge in [-0.2, -0.15) is 5.10 Å². The molecule has 0 bridgehead atoms. The number of aryl methyl sites for hydroxylation is 1. The van der Waals surface area contributed by atoms with Gasteiger partial charge in [0.25, 0.3) is 5.56 Å². The van der Waals surface area contributed by atoms with Crippen LogP contribution in [0.3, 0.4) is 0 Å². The summed E-state index contributed by atoms with van der Waals surface area (Å²) < 4.78 is 3.34. The summed E-state index contributed by atoms with van der Waals surface area (Å²) in [6.07, 6.45) is 7.96. The molecule has 0 amide bonds. The van der Waals surface area contributed by atoms with Crippen molar-refractivity contribution in [1.82, 2.24) is 29.6 Å². The van der Waals surface area contributed by atoms with E-state index in [1.165, 1.54) is 6.07 Å². The van der Waals surface area contributed by atoms with Gasteiger partial charge < -0.3 is 15.0 Å². The van der Waals surface area contributed by atoms with Crippen LogP contribution in [-0.2, 0) is 37.4 Å². The lowest BCUT2D eigenvalue weighted by Crippen LogP contribution is -2.18. The summed E-state index contributed by atoms with van der Waals surface area (Å²) in [5.74, 6) is -0.865. The van der Waals surface area contributed by atoms with E-state index in [1.807, 2.05) is 48.9 Å². The molecular formula is C29H27ClN6O3. The molecule has 0 fully saturated rings. The largest absolute Gasteiger partial charge is 0.481 e. The van der Waals surface area contributed by atoms with Crippen LogP contribution in [0.5, 0.6) is 0 Å². The zero-order valence-electron chi connectivity index (χ0n) is 21.1. The Kier molecular flexibility index (Phi) is 8.10. The molecule has 0 atom stereocenters. The summed E-state index contributed by atoms with van der Waals surface area (Å²) >= 11 is 6.21. The van der Waals surface area contributed by atoms with Crippen LogP contribution in [0.25, 0.3) is 10.9 Å². The number of fused-ring (bicyclic) bond motifs is 1. The van der Waals surface area contributed by atoms with Gasteiger partial charge in [0.1, 0.15) is 0 Å². The Bertz CT molecular complexity index is 1660. The fraction of sp³-hybridized carbons (Fsp3) is 0.207. The lowest BCUT2D eigenvalue weighted by Gasteiger charge is -2.08. The highest BCUT2D eigenvalue weighted by Crippen LogP contribution is 2.23. The summed E-state index contributed by atoms with van der Waals surface area (Å²) in [5.41, 5.74) is 5.60. The smallest absolute Gasteiger partial charge is 0.305 e. The minimum absolute atomic E-state index is 0.00393. The maximum Gasteiger partial charge on any atom is 0.305 e. The number of hydrogen-bond acceptors (Lipinski definition) is 6. The summed E-state index contributed by atoms with van der Waals surface area (Å²) in [6, 6.07) is 16.7. The van der Waals surface area contributed by atoms with Gasteiger partial charge in [0.15, 0.2) is 0 Å². The van der Waals surface area contributed by atoms with Crippen molar-refractivity contribution in [3.63, 3.8) is 0 Å². The van der Waals surface area contributed by atoms with Crippen molar-refractivity contribution in [2.24, 2.45) is 0 Å². The number of carbonyl (C=O) groups is 1. The van der Waals surface area contributed by atoms with E-state index in [0.29, 0.717) is 37.6 Å². The van der Waals surface area contributed by atoms with Crippen molar-refractivity contribution >= 4 is 28.5 Å². The van der Waals surface area contributed by atoms with Crippen molar-refractivity contribution in [3.05, 3.63) is 123 Å². The molecular weight excluding hydrogens is 516 g/mol. The van der Waals surface area contributed by atoms with Crippen LogP contribution in [0, 0.1) is 0 Å².